The van der Waals surface area contributed by atoms with Gasteiger partial charge in [-0.25, -0.2) is 0 Å². The Morgan fingerprint density at radius 2 is 1.94 bits per heavy atom. The van der Waals surface area contributed by atoms with Gasteiger partial charge in [0.1, 0.15) is 0 Å². The summed E-state index contributed by atoms with van der Waals surface area (Å²) in [6.07, 6.45) is 2.07. The van der Waals surface area contributed by atoms with E-state index >= 15 is 0 Å². The number of piperidine rings is 1. The highest BCUT2D eigenvalue weighted by atomic mass is 35.5. The third-order valence-corrected chi connectivity index (χ3v) is 3.94. The molecule has 18 heavy (non-hydrogen) atoms. The van der Waals surface area contributed by atoms with E-state index in [-0.39, 0.29) is 11.3 Å². The van der Waals surface area contributed by atoms with Crippen LogP contribution in [0.25, 0.3) is 0 Å². The molecule has 4 heteroatoms. The van der Waals surface area contributed by atoms with E-state index in [0.29, 0.717) is 6.54 Å². The van der Waals surface area contributed by atoms with Gasteiger partial charge in [-0.05, 0) is 43.6 Å². The minimum atomic E-state index is 0.0295. The number of carbonyl (C=O) groups excluding carboxylic acids is 1. The Hall–Kier alpha value is -1.06. The van der Waals surface area contributed by atoms with Crippen molar-refractivity contribution in [1.29, 1.82) is 0 Å². The molecule has 0 unspecified atom stereocenters. The van der Waals surface area contributed by atoms with Crippen molar-refractivity contribution in [1.82, 2.24) is 10.6 Å². The molecule has 3 nitrogen and oxygen atoms in total. The summed E-state index contributed by atoms with van der Waals surface area (Å²) in [7, 11) is 0. The molecule has 0 radical (unpaired) electrons. The fourth-order valence-electron chi connectivity index (χ4n) is 2.57. The number of hydrogen-bond acceptors (Lipinski definition) is 2. The van der Waals surface area contributed by atoms with E-state index in [0.717, 1.165) is 31.0 Å². The minimum absolute atomic E-state index is 0.0295. The molecule has 1 aromatic rings. The Morgan fingerprint density at radius 1 is 1.33 bits per heavy atom. The van der Waals surface area contributed by atoms with E-state index in [1.807, 2.05) is 12.1 Å². The lowest BCUT2D eigenvalue weighted by molar-refractivity contribution is -0.119. The first-order valence-electron chi connectivity index (χ1n) is 6.34. The van der Waals surface area contributed by atoms with Gasteiger partial charge in [0.05, 0.1) is 0 Å². The first-order chi connectivity index (χ1) is 8.62. The van der Waals surface area contributed by atoms with Crippen LogP contribution in [0.3, 0.4) is 0 Å². The smallest absolute Gasteiger partial charge is 0.216 e. The van der Waals surface area contributed by atoms with Crippen LogP contribution in [0.4, 0.5) is 0 Å². The molecule has 1 aliphatic heterocycles. The largest absolute Gasteiger partial charge is 0.355 e. The van der Waals surface area contributed by atoms with Crippen molar-refractivity contribution >= 4 is 17.5 Å². The summed E-state index contributed by atoms with van der Waals surface area (Å²) in [5.41, 5.74) is 1.31. The topological polar surface area (TPSA) is 41.1 Å². The second-order valence-corrected chi connectivity index (χ2v) is 5.38. The molecular formula is C14H19ClN2O. The summed E-state index contributed by atoms with van der Waals surface area (Å²) in [5.74, 6) is 0.0295. The van der Waals surface area contributed by atoms with Gasteiger partial charge in [-0.2, -0.15) is 0 Å². The van der Waals surface area contributed by atoms with Gasteiger partial charge in [0.25, 0.3) is 0 Å². The van der Waals surface area contributed by atoms with E-state index in [1.165, 1.54) is 5.56 Å². The van der Waals surface area contributed by atoms with Crippen molar-refractivity contribution in [3.05, 3.63) is 34.9 Å². The number of benzene rings is 1. The van der Waals surface area contributed by atoms with Crippen LogP contribution in [0.15, 0.2) is 24.3 Å². The Morgan fingerprint density at radius 3 is 2.50 bits per heavy atom. The number of carbonyl (C=O) groups is 1. The van der Waals surface area contributed by atoms with Gasteiger partial charge in [-0.1, -0.05) is 23.7 Å². The third kappa shape index (κ3) is 3.03. The van der Waals surface area contributed by atoms with Crippen molar-refractivity contribution < 1.29 is 4.79 Å². The molecule has 1 fully saturated rings. The molecular weight excluding hydrogens is 248 g/mol. The van der Waals surface area contributed by atoms with Gasteiger partial charge in [0, 0.05) is 23.9 Å². The predicted octanol–water partition coefficient (Wildman–Crippen LogP) is 2.10. The minimum Gasteiger partial charge on any atom is -0.355 e. The van der Waals surface area contributed by atoms with Crippen LogP contribution < -0.4 is 10.6 Å². The lowest BCUT2D eigenvalue weighted by Crippen LogP contribution is -2.47. The summed E-state index contributed by atoms with van der Waals surface area (Å²) in [5, 5.41) is 7.09. The van der Waals surface area contributed by atoms with Crippen LogP contribution in [0.5, 0.6) is 0 Å². The van der Waals surface area contributed by atoms with E-state index < -0.39 is 0 Å². The molecule has 98 valence electrons. The summed E-state index contributed by atoms with van der Waals surface area (Å²) in [6, 6.07) is 8.01. The average molecular weight is 267 g/mol. The van der Waals surface area contributed by atoms with Crippen molar-refractivity contribution in [2.75, 3.05) is 19.6 Å². The molecule has 1 saturated heterocycles. The molecule has 1 amide bonds. The average Bonchev–Trinajstić information content (AvgIpc) is 2.38. The normalized spacial score (nSPS) is 18.3. The van der Waals surface area contributed by atoms with E-state index in [9.17, 15) is 4.79 Å². The van der Waals surface area contributed by atoms with Crippen LogP contribution in [-0.2, 0) is 10.2 Å². The van der Waals surface area contributed by atoms with Crippen molar-refractivity contribution in [3.8, 4) is 0 Å². The Balaban J connectivity index is 2.22. The number of hydrogen-bond donors (Lipinski definition) is 2. The first-order valence-corrected chi connectivity index (χ1v) is 6.71. The number of halogens is 1. The van der Waals surface area contributed by atoms with Gasteiger partial charge in [0.15, 0.2) is 0 Å². The highest BCUT2D eigenvalue weighted by Crippen LogP contribution is 2.33. The van der Waals surface area contributed by atoms with Gasteiger partial charge in [-0.15, -0.1) is 0 Å². The Bertz CT molecular complexity index is 410. The van der Waals surface area contributed by atoms with Crippen molar-refractivity contribution in [3.63, 3.8) is 0 Å². The van der Waals surface area contributed by atoms with Crippen LogP contribution >= 0.6 is 11.6 Å². The van der Waals surface area contributed by atoms with E-state index in [2.05, 4.69) is 22.8 Å². The van der Waals surface area contributed by atoms with Crippen LogP contribution in [-0.4, -0.2) is 25.5 Å². The molecule has 1 aliphatic rings. The quantitative estimate of drug-likeness (QED) is 0.880. The molecule has 2 N–H and O–H groups in total. The van der Waals surface area contributed by atoms with Crippen LogP contribution in [0.2, 0.25) is 5.02 Å². The predicted molar refractivity (Wildman–Crippen MR) is 73.9 cm³/mol. The fourth-order valence-corrected chi connectivity index (χ4v) is 2.70. The first kappa shape index (κ1) is 13.4. The molecule has 2 rings (SSSR count). The monoisotopic (exact) mass is 266 g/mol. The molecule has 0 bridgehead atoms. The second kappa shape index (κ2) is 5.72. The zero-order valence-corrected chi connectivity index (χ0v) is 11.4. The standard InChI is InChI=1S/C14H19ClN2O/c1-11(18)17-10-14(6-8-16-9-7-14)12-2-4-13(15)5-3-12/h2-5,16H,6-10H2,1H3,(H,17,18). The Labute approximate surface area is 113 Å². The SMILES string of the molecule is CC(=O)NCC1(c2ccc(Cl)cc2)CCNCC1. The molecule has 1 heterocycles. The van der Waals surface area contributed by atoms with E-state index in [1.54, 1.807) is 6.92 Å². The summed E-state index contributed by atoms with van der Waals surface area (Å²) < 4.78 is 0. The lowest BCUT2D eigenvalue weighted by atomic mass is 9.73. The van der Waals surface area contributed by atoms with Gasteiger partial charge in [0.2, 0.25) is 5.91 Å². The maximum absolute atomic E-state index is 11.2. The maximum Gasteiger partial charge on any atom is 0.216 e. The summed E-state index contributed by atoms with van der Waals surface area (Å²) in [4.78, 5) is 11.2. The zero-order chi connectivity index (χ0) is 13.0. The molecule has 0 spiro atoms. The van der Waals surface area contributed by atoms with Gasteiger partial charge >= 0.3 is 0 Å². The maximum atomic E-state index is 11.2. The lowest BCUT2D eigenvalue weighted by Gasteiger charge is -2.38. The van der Waals surface area contributed by atoms with Gasteiger partial charge in [-0.3, -0.25) is 4.79 Å². The molecule has 1 aromatic carbocycles. The number of nitrogens with one attached hydrogen (secondary N) is 2. The highest BCUT2D eigenvalue weighted by Gasteiger charge is 2.33. The molecule has 0 aromatic heterocycles. The van der Waals surface area contributed by atoms with Crippen LogP contribution in [0.1, 0.15) is 25.3 Å². The molecule has 0 aliphatic carbocycles. The van der Waals surface area contributed by atoms with Crippen molar-refractivity contribution in [2.45, 2.75) is 25.2 Å². The Kier molecular flexibility index (Phi) is 4.25. The second-order valence-electron chi connectivity index (χ2n) is 4.95. The van der Waals surface area contributed by atoms with Crippen LogP contribution in [0, 0.1) is 0 Å². The fraction of sp³-hybridized carbons (Fsp3) is 0.500. The molecule has 0 atom stereocenters. The molecule has 0 saturated carbocycles. The zero-order valence-electron chi connectivity index (χ0n) is 10.6. The number of amides is 1. The van der Waals surface area contributed by atoms with Crippen molar-refractivity contribution in [2.24, 2.45) is 0 Å². The highest BCUT2D eigenvalue weighted by molar-refractivity contribution is 6.30. The van der Waals surface area contributed by atoms with Gasteiger partial charge < -0.3 is 10.6 Å². The summed E-state index contributed by atoms with van der Waals surface area (Å²) >= 11 is 5.94. The van der Waals surface area contributed by atoms with E-state index in [4.69, 9.17) is 11.6 Å². The number of rotatable bonds is 3. The third-order valence-electron chi connectivity index (χ3n) is 3.69. The summed E-state index contributed by atoms with van der Waals surface area (Å²) in [6.45, 7) is 4.24.